The van der Waals surface area contributed by atoms with Crippen LogP contribution < -0.4 is 11.1 Å². The van der Waals surface area contributed by atoms with Crippen LogP contribution in [0.4, 0.5) is 5.69 Å². The van der Waals surface area contributed by atoms with Crippen LogP contribution in [0.1, 0.15) is 31.3 Å². The molecule has 0 radical (unpaired) electrons. The van der Waals surface area contributed by atoms with Crippen LogP contribution in [0.3, 0.4) is 0 Å². The van der Waals surface area contributed by atoms with E-state index in [0.717, 1.165) is 0 Å². The SMILES string of the molecule is CC(C)(C)C(Cn1ccnc1)NC(=O)c1ncccc1N. The number of nitrogen functional groups attached to an aromatic ring is 1. The second-order valence-corrected chi connectivity index (χ2v) is 6.09. The van der Waals surface area contributed by atoms with Crippen molar-refractivity contribution < 1.29 is 4.79 Å². The maximum Gasteiger partial charge on any atom is 0.272 e. The highest BCUT2D eigenvalue weighted by Crippen LogP contribution is 2.21. The summed E-state index contributed by atoms with van der Waals surface area (Å²) in [6.45, 7) is 6.88. The molecule has 1 amide bonds. The molecule has 0 fully saturated rings. The van der Waals surface area contributed by atoms with E-state index in [1.165, 1.54) is 0 Å². The van der Waals surface area contributed by atoms with Crippen molar-refractivity contribution in [2.45, 2.75) is 33.4 Å². The fourth-order valence-electron chi connectivity index (χ4n) is 1.98. The first-order chi connectivity index (χ1) is 9.88. The van der Waals surface area contributed by atoms with Crippen molar-refractivity contribution in [3.8, 4) is 0 Å². The predicted octanol–water partition coefficient (Wildman–Crippen LogP) is 1.71. The summed E-state index contributed by atoms with van der Waals surface area (Å²) in [7, 11) is 0. The lowest BCUT2D eigenvalue weighted by molar-refractivity contribution is 0.0888. The smallest absolute Gasteiger partial charge is 0.272 e. The number of hydrogen-bond donors (Lipinski definition) is 2. The molecule has 0 aliphatic heterocycles. The number of nitrogens with one attached hydrogen (secondary N) is 1. The molecule has 1 atom stereocenters. The van der Waals surface area contributed by atoms with Gasteiger partial charge in [0.2, 0.25) is 0 Å². The highest BCUT2D eigenvalue weighted by Gasteiger charge is 2.27. The molecule has 2 aromatic rings. The van der Waals surface area contributed by atoms with Crippen LogP contribution in [-0.4, -0.2) is 26.5 Å². The second-order valence-electron chi connectivity index (χ2n) is 6.09. The molecular formula is C15H21N5O. The van der Waals surface area contributed by atoms with Crippen LogP contribution in [0.5, 0.6) is 0 Å². The molecule has 0 spiro atoms. The number of imidazole rings is 1. The molecule has 0 aliphatic rings. The van der Waals surface area contributed by atoms with Gasteiger partial charge in [0, 0.05) is 25.1 Å². The Labute approximate surface area is 124 Å². The molecule has 6 heteroatoms. The first-order valence-electron chi connectivity index (χ1n) is 6.85. The molecule has 21 heavy (non-hydrogen) atoms. The summed E-state index contributed by atoms with van der Waals surface area (Å²) in [5.74, 6) is -0.256. The molecule has 0 saturated carbocycles. The van der Waals surface area contributed by atoms with E-state index in [0.29, 0.717) is 12.2 Å². The van der Waals surface area contributed by atoms with Gasteiger partial charge in [-0.2, -0.15) is 0 Å². The highest BCUT2D eigenvalue weighted by atomic mass is 16.2. The van der Waals surface area contributed by atoms with E-state index in [-0.39, 0.29) is 23.1 Å². The minimum absolute atomic E-state index is 0.0689. The number of rotatable bonds is 4. The molecule has 0 saturated heterocycles. The zero-order chi connectivity index (χ0) is 15.5. The van der Waals surface area contributed by atoms with Gasteiger partial charge >= 0.3 is 0 Å². The minimum Gasteiger partial charge on any atom is -0.397 e. The lowest BCUT2D eigenvalue weighted by atomic mass is 9.86. The second kappa shape index (κ2) is 5.95. The van der Waals surface area contributed by atoms with Gasteiger partial charge in [0.05, 0.1) is 18.1 Å². The van der Waals surface area contributed by atoms with Crippen LogP contribution in [0.15, 0.2) is 37.1 Å². The Morgan fingerprint density at radius 3 is 2.76 bits per heavy atom. The fraction of sp³-hybridized carbons (Fsp3) is 0.400. The Morgan fingerprint density at radius 2 is 2.19 bits per heavy atom. The van der Waals surface area contributed by atoms with Gasteiger partial charge in [-0.3, -0.25) is 4.79 Å². The zero-order valence-corrected chi connectivity index (χ0v) is 12.6. The van der Waals surface area contributed by atoms with Crippen molar-refractivity contribution in [3.63, 3.8) is 0 Å². The summed E-state index contributed by atoms with van der Waals surface area (Å²) in [5, 5.41) is 3.02. The Hall–Kier alpha value is -2.37. The molecule has 0 aliphatic carbocycles. The number of carbonyl (C=O) groups excluding carboxylic acids is 1. The van der Waals surface area contributed by atoms with Gasteiger partial charge in [-0.25, -0.2) is 9.97 Å². The summed E-state index contributed by atoms with van der Waals surface area (Å²) >= 11 is 0. The number of aromatic nitrogens is 3. The van der Waals surface area contributed by atoms with Gasteiger partial charge < -0.3 is 15.6 Å². The third-order valence-electron chi connectivity index (χ3n) is 3.36. The zero-order valence-electron chi connectivity index (χ0n) is 12.6. The summed E-state index contributed by atoms with van der Waals surface area (Å²) in [6.07, 6.45) is 6.89. The topological polar surface area (TPSA) is 85.8 Å². The molecule has 0 aromatic carbocycles. The van der Waals surface area contributed by atoms with Gasteiger partial charge in [-0.1, -0.05) is 20.8 Å². The number of carbonyl (C=O) groups is 1. The van der Waals surface area contributed by atoms with E-state index >= 15 is 0 Å². The van der Waals surface area contributed by atoms with Crippen molar-refractivity contribution in [3.05, 3.63) is 42.7 Å². The number of pyridine rings is 1. The molecule has 2 aromatic heterocycles. The molecule has 112 valence electrons. The summed E-state index contributed by atoms with van der Waals surface area (Å²) in [5.41, 5.74) is 6.34. The van der Waals surface area contributed by atoms with Crippen molar-refractivity contribution in [2.24, 2.45) is 5.41 Å². The molecule has 1 unspecified atom stereocenters. The number of anilines is 1. The van der Waals surface area contributed by atoms with Crippen LogP contribution in [0, 0.1) is 5.41 Å². The largest absolute Gasteiger partial charge is 0.397 e. The molecular weight excluding hydrogens is 266 g/mol. The van der Waals surface area contributed by atoms with Gasteiger partial charge in [-0.05, 0) is 17.5 Å². The maximum absolute atomic E-state index is 12.4. The van der Waals surface area contributed by atoms with Crippen molar-refractivity contribution in [1.29, 1.82) is 0 Å². The van der Waals surface area contributed by atoms with E-state index in [9.17, 15) is 4.79 Å². The van der Waals surface area contributed by atoms with Crippen LogP contribution in [0.2, 0.25) is 0 Å². The number of amides is 1. The molecule has 6 nitrogen and oxygen atoms in total. The van der Waals surface area contributed by atoms with E-state index in [1.807, 2.05) is 10.8 Å². The Morgan fingerprint density at radius 1 is 1.43 bits per heavy atom. The average molecular weight is 287 g/mol. The third kappa shape index (κ3) is 3.81. The van der Waals surface area contributed by atoms with Gasteiger partial charge in [0.1, 0.15) is 0 Å². The van der Waals surface area contributed by atoms with E-state index in [1.54, 1.807) is 30.9 Å². The van der Waals surface area contributed by atoms with Crippen molar-refractivity contribution >= 4 is 11.6 Å². The predicted molar refractivity (Wildman–Crippen MR) is 81.6 cm³/mol. The molecule has 2 rings (SSSR count). The quantitative estimate of drug-likeness (QED) is 0.896. The Kier molecular flexibility index (Phi) is 4.26. The minimum atomic E-state index is -0.256. The van der Waals surface area contributed by atoms with Crippen molar-refractivity contribution in [2.75, 3.05) is 5.73 Å². The average Bonchev–Trinajstić information content (AvgIpc) is 2.90. The normalized spacial score (nSPS) is 12.9. The summed E-state index contributed by atoms with van der Waals surface area (Å²) in [4.78, 5) is 20.5. The third-order valence-corrected chi connectivity index (χ3v) is 3.36. The number of nitrogens with zero attached hydrogens (tertiary/aromatic N) is 3. The maximum atomic E-state index is 12.4. The molecule has 0 bridgehead atoms. The lowest BCUT2D eigenvalue weighted by Crippen LogP contribution is -2.46. The summed E-state index contributed by atoms with van der Waals surface area (Å²) < 4.78 is 1.94. The highest BCUT2D eigenvalue weighted by molar-refractivity contribution is 5.97. The fourth-order valence-corrected chi connectivity index (χ4v) is 1.98. The number of hydrogen-bond acceptors (Lipinski definition) is 4. The lowest BCUT2D eigenvalue weighted by Gasteiger charge is -2.31. The molecule has 2 heterocycles. The van der Waals surface area contributed by atoms with Gasteiger partial charge in [0.25, 0.3) is 5.91 Å². The standard InChI is InChI=1S/C15H21N5O/c1-15(2,3)12(9-20-8-7-17-10-20)19-14(21)13-11(16)5-4-6-18-13/h4-8,10,12H,9,16H2,1-3H3,(H,19,21). The van der Waals surface area contributed by atoms with E-state index in [2.05, 4.69) is 36.1 Å². The van der Waals surface area contributed by atoms with Gasteiger partial charge in [0.15, 0.2) is 5.69 Å². The first-order valence-corrected chi connectivity index (χ1v) is 6.85. The van der Waals surface area contributed by atoms with Crippen molar-refractivity contribution in [1.82, 2.24) is 19.9 Å². The first kappa shape index (κ1) is 15.0. The van der Waals surface area contributed by atoms with Gasteiger partial charge in [-0.15, -0.1) is 0 Å². The molecule has 3 N–H and O–H groups in total. The summed E-state index contributed by atoms with van der Waals surface area (Å²) in [6, 6.07) is 3.31. The van der Waals surface area contributed by atoms with Crippen LogP contribution >= 0.6 is 0 Å². The Bertz CT molecular complexity index is 601. The van der Waals surface area contributed by atoms with E-state index in [4.69, 9.17) is 5.73 Å². The van der Waals surface area contributed by atoms with Crippen LogP contribution in [0.25, 0.3) is 0 Å². The van der Waals surface area contributed by atoms with Crippen LogP contribution in [-0.2, 0) is 6.54 Å². The Balaban J connectivity index is 2.16. The van der Waals surface area contributed by atoms with E-state index < -0.39 is 0 Å². The number of nitrogens with two attached hydrogens (primary N) is 1. The monoisotopic (exact) mass is 287 g/mol.